The summed E-state index contributed by atoms with van der Waals surface area (Å²) in [5.74, 6) is 0.238. The van der Waals surface area contributed by atoms with Gasteiger partial charge in [-0.3, -0.25) is 14.9 Å². The summed E-state index contributed by atoms with van der Waals surface area (Å²) in [5, 5.41) is 3.08. The number of hydrogen-bond donors (Lipinski definition) is 2. The van der Waals surface area contributed by atoms with Crippen molar-refractivity contribution < 1.29 is 4.79 Å². The molecule has 0 saturated carbocycles. The van der Waals surface area contributed by atoms with Gasteiger partial charge in [-0.1, -0.05) is 0 Å². The highest BCUT2D eigenvalue weighted by molar-refractivity contribution is 5.87. The number of nitrogens with zero attached hydrogens (tertiary/aromatic N) is 1. The predicted molar refractivity (Wildman–Crippen MR) is 54.6 cm³/mol. The first-order chi connectivity index (χ1) is 6.68. The summed E-state index contributed by atoms with van der Waals surface area (Å²) < 4.78 is 1.83. The van der Waals surface area contributed by atoms with Crippen LogP contribution in [-0.2, 0) is 4.79 Å². The fourth-order valence-electron chi connectivity index (χ4n) is 1.52. The van der Waals surface area contributed by atoms with E-state index in [1.165, 1.54) is 0 Å². The summed E-state index contributed by atoms with van der Waals surface area (Å²) in [6.45, 7) is 5.55. The summed E-state index contributed by atoms with van der Waals surface area (Å²) >= 11 is 0. The van der Waals surface area contributed by atoms with Crippen LogP contribution in [0.3, 0.4) is 0 Å². The topological polar surface area (TPSA) is 46.1 Å². The zero-order valence-electron chi connectivity index (χ0n) is 8.50. The van der Waals surface area contributed by atoms with Crippen molar-refractivity contribution in [2.75, 3.05) is 18.5 Å². The first-order valence-corrected chi connectivity index (χ1v) is 4.85. The first-order valence-electron chi connectivity index (χ1n) is 4.85. The molecule has 2 heterocycles. The highest BCUT2D eigenvalue weighted by Crippen LogP contribution is 2.07. The van der Waals surface area contributed by atoms with E-state index in [4.69, 9.17) is 0 Å². The van der Waals surface area contributed by atoms with Crippen LogP contribution in [0, 0.1) is 19.8 Å². The number of aromatic nitrogens is 1. The van der Waals surface area contributed by atoms with Gasteiger partial charge in [-0.15, -0.1) is 0 Å². The van der Waals surface area contributed by atoms with E-state index in [1.807, 2.05) is 30.7 Å². The molecule has 0 unspecified atom stereocenters. The van der Waals surface area contributed by atoms with Crippen LogP contribution in [0.15, 0.2) is 12.1 Å². The molecule has 1 aromatic heterocycles. The molecule has 4 heteroatoms. The van der Waals surface area contributed by atoms with Crippen LogP contribution in [0.1, 0.15) is 11.4 Å². The van der Waals surface area contributed by atoms with Gasteiger partial charge >= 0.3 is 0 Å². The molecule has 0 atom stereocenters. The Morgan fingerprint density at radius 3 is 2.43 bits per heavy atom. The van der Waals surface area contributed by atoms with E-state index in [2.05, 4.69) is 10.7 Å². The number of rotatable bonds is 2. The Morgan fingerprint density at radius 2 is 2.00 bits per heavy atom. The Morgan fingerprint density at radius 1 is 1.43 bits per heavy atom. The molecule has 1 amide bonds. The van der Waals surface area contributed by atoms with Gasteiger partial charge in [0.15, 0.2) is 0 Å². The third-order valence-electron chi connectivity index (χ3n) is 2.65. The first kappa shape index (κ1) is 9.27. The number of nitrogens with one attached hydrogen (secondary N) is 2. The van der Waals surface area contributed by atoms with Gasteiger partial charge in [0.05, 0.1) is 5.92 Å². The maximum atomic E-state index is 11.6. The van der Waals surface area contributed by atoms with Crippen LogP contribution >= 0.6 is 0 Å². The van der Waals surface area contributed by atoms with Gasteiger partial charge in [-0.2, -0.15) is 0 Å². The minimum atomic E-state index is 0.103. The van der Waals surface area contributed by atoms with Crippen molar-refractivity contribution in [3.63, 3.8) is 0 Å². The number of hydrogen-bond acceptors (Lipinski definition) is 2. The molecule has 14 heavy (non-hydrogen) atoms. The van der Waals surface area contributed by atoms with Crippen molar-refractivity contribution in [2.24, 2.45) is 5.92 Å². The van der Waals surface area contributed by atoms with E-state index in [1.54, 1.807) is 0 Å². The normalized spacial score (nSPS) is 16.4. The van der Waals surface area contributed by atoms with Crippen molar-refractivity contribution >= 4 is 5.91 Å². The van der Waals surface area contributed by atoms with Crippen molar-refractivity contribution in [1.82, 2.24) is 9.99 Å². The van der Waals surface area contributed by atoms with Gasteiger partial charge in [0.2, 0.25) is 5.91 Å². The van der Waals surface area contributed by atoms with Crippen molar-refractivity contribution in [2.45, 2.75) is 13.8 Å². The molecule has 0 radical (unpaired) electrons. The van der Waals surface area contributed by atoms with Crippen LogP contribution < -0.4 is 10.7 Å². The lowest BCUT2D eigenvalue weighted by Gasteiger charge is -2.26. The second kappa shape index (κ2) is 3.46. The SMILES string of the molecule is Cc1ccc(C)n1NC(=O)C1CNC1. The van der Waals surface area contributed by atoms with Gasteiger partial charge in [0.1, 0.15) is 0 Å². The molecule has 1 fully saturated rings. The van der Waals surface area contributed by atoms with E-state index in [-0.39, 0.29) is 11.8 Å². The summed E-state index contributed by atoms with van der Waals surface area (Å²) in [7, 11) is 0. The highest BCUT2D eigenvalue weighted by atomic mass is 16.2. The number of carbonyl (C=O) groups is 1. The highest BCUT2D eigenvalue weighted by Gasteiger charge is 2.25. The van der Waals surface area contributed by atoms with Gasteiger partial charge < -0.3 is 5.32 Å². The molecule has 1 saturated heterocycles. The monoisotopic (exact) mass is 193 g/mol. The average Bonchev–Trinajstić information content (AvgIpc) is 2.32. The Hall–Kier alpha value is -1.29. The lowest BCUT2D eigenvalue weighted by Crippen LogP contribution is -2.50. The van der Waals surface area contributed by atoms with Gasteiger partial charge in [0.25, 0.3) is 0 Å². The van der Waals surface area contributed by atoms with Crippen molar-refractivity contribution in [1.29, 1.82) is 0 Å². The molecular formula is C10H15N3O. The average molecular weight is 193 g/mol. The largest absolute Gasteiger partial charge is 0.315 e. The molecular weight excluding hydrogens is 178 g/mol. The number of carbonyl (C=O) groups excluding carboxylic acids is 1. The second-order valence-corrected chi connectivity index (χ2v) is 3.78. The van der Waals surface area contributed by atoms with E-state index < -0.39 is 0 Å². The molecule has 76 valence electrons. The van der Waals surface area contributed by atoms with Gasteiger partial charge in [-0.05, 0) is 26.0 Å². The molecule has 1 aromatic rings. The van der Waals surface area contributed by atoms with E-state index in [0.29, 0.717) is 0 Å². The standard InChI is InChI=1S/C10H15N3O/c1-7-3-4-8(2)13(7)12-10(14)9-5-11-6-9/h3-4,9,11H,5-6H2,1-2H3,(H,12,14). The molecule has 1 aliphatic rings. The molecule has 2 rings (SSSR count). The van der Waals surface area contributed by atoms with Gasteiger partial charge in [0, 0.05) is 24.5 Å². The molecule has 0 aliphatic carbocycles. The lowest BCUT2D eigenvalue weighted by atomic mass is 10.0. The molecule has 0 aromatic carbocycles. The Bertz CT molecular complexity index is 333. The van der Waals surface area contributed by atoms with Crippen molar-refractivity contribution in [3.8, 4) is 0 Å². The van der Waals surface area contributed by atoms with E-state index >= 15 is 0 Å². The Balaban J connectivity index is 2.06. The fraction of sp³-hybridized carbons (Fsp3) is 0.500. The maximum absolute atomic E-state index is 11.6. The van der Waals surface area contributed by atoms with Crippen LogP contribution in [0.4, 0.5) is 0 Å². The Kier molecular flexibility index (Phi) is 2.29. The second-order valence-electron chi connectivity index (χ2n) is 3.78. The number of amides is 1. The lowest BCUT2D eigenvalue weighted by molar-refractivity contribution is -0.122. The smallest absolute Gasteiger partial charge is 0.244 e. The maximum Gasteiger partial charge on any atom is 0.244 e. The van der Waals surface area contributed by atoms with E-state index in [9.17, 15) is 4.79 Å². The summed E-state index contributed by atoms with van der Waals surface area (Å²) in [4.78, 5) is 11.6. The zero-order chi connectivity index (χ0) is 10.1. The number of aryl methyl sites for hydroxylation is 2. The predicted octanol–water partition coefficient (Wildman–Crippen LogP) is 0.394. The molecule has 1 aliphatic heterocycles. The molecule has 0 spiro atoms. The molecule has 4 nitrogen and oxygen atoms in total. The van der Waals surface area contributed by atoms with Crippen LogP contribution in [0.2, 0.25) is 0 Å². The van der Waals surface area contributed by atoms with E-state index in [0.717, 1.165) is 24.5 Å². The quantitative estimate of drug-likeness (QED) is 0.714. The third-order valence-corrected chi connectivity index (χ3v) is 2.65. The van der Waals surface area contributed by atoms with Crippen LogP contribution in [0.25, 0.3) is 0 Å². The fourth-order valence-corrected chi connectivity index (χ4v) is 1.52. The minimum absolute atomic E-state index is 0.103. The summed E-state index contributed by atoms with van der Waals surface area (Å²) in [5.41, 5.74) is 5.02. The molecule has 0 bridgehead atoms. The third kappa shape index (κ3) is 1.53. The Labute approximate surface area is 83.3 Å². The zero-order valence-corrected chi connectivity index (χ0v) is 8.50. The van der Waals surface area contributed by atoms with Gasteiger partial charge in [-0.25, -0.2) is 0 Å². The summed E-state index contributed by atoms with van der Waals surface area (Å²) in [6.07, 6.45) is 0. The van der Waals surface area contributed by atoms with Crippen LogP contribution in [0.5, 0.6) is 0 Å². The summed E-state index contributed by atoms with van der Waals surface area (Å²) in [6, 6.07) is 3.99. The van der Waals surface area contributed by atoms with Crippen molar-refractivity contribution in [3.05, 3.63) is 23.5 Å². The van der Waals surface area contributed by atoms with Crippen LogP contribution in [-0.4, -0.2) is 23.7 Å². The molecule has 2 N–H and O–H groups in total. The minimum Gasteiger partial charge on any atom is -0.315 e.